The van der Waals surface area contributed by atoms with E-state index in [-0.39, 0.29) is 44.0 Å². The summed E-state index contributed by atoms with van der Waals surface area (Å²) in [6.07, 6.45) is 4.49. The topological polar surface area (TPSA) is 187 Å². The van der Waals surface area contributed by atoms with E-state index in [1.807, 2.05) is 31.3 Å². The van der Waals surface area contributed by atoms with Crippen LogP contribution in [0.3, 0.4) is 0 Å². The predicted molar refractivity (Wildman–Crippen MR) is 238 cm³/mol. The summed E-state index contributed by atoms with van der Waals surface area (Å²) in [4.78, 5) is 4.61. The van der Waals surface area contributed by atoms with Crippen molar-refractivity contribution in [1.82, 2.24) is 16.0 Å². The highest BCUT2D eigenvalue weighted by Gasteiger charge is 2.54. The molecule has 4 aromatic rings. The summed E-state index contributed by atoms with van der Waals surface area (Å²) in [7, 11) is 1.83. The molecule has 4 heterocycles. The van der Waals surface area contributed by atoms with Crippen LogP contribution in [0.15, 0.2) is 53.5 Å². The zero-order valence-corrected chi connectivity index (χ0v) is 36.0. The fraction of sp³-hybridized carbons (Fsp3) is 0.460. The van der Waals surface area contributed by atoms with E-state index in [0.717, 1.165) is 49.5 Å². The van der Waals surface area contributed by atoms with Crippen LogP contribution in [0.4, 0.5) is 0 Å². The number of nitrogens with one attached hydrogen (secondary N) is 3. The molecule has 2 bridgehead atoms. The molecule has 1 aliphatic carbocycles. The molecule has 63 heavy (non-hydrogen) atoms. The number of aliphatic hydroxyl groups is 3. The van der Waals surface area contributed by atoms with Crippen LogP contribution in [0, 0.1) is 11.8 Å². The molecule has 0 fully saturated rings. The smallest absolute Gasteiger partial charge is 0.161 e. The molecule has 0 unspecified atom stereocenters. The quantitative estimate of drug-likeness (QED) is 0.0528. The van der Waals surface area contributed by atoms with Gasteiger partial charge in [0.25, 0.3) is 0 Å². The van der Waals surface area contributed by atoms with Crippen molar-refractivity contribution < 1.29 is 44.5 Å². The first-order chi connectivity index (χ1) is 30.7. The monoisotopic (exact) mass is 858 g/mol. The third-order valence-corrected chi connectivity index (χ3v) is 13.1. The lowest BCUT2D eigenvalue weighted by atomic mass is 9.69. The molecule has 13 heteroatoms. The molecular weight excluding hydrogens is 801 g/mol. The summed E-state index contributed by atoms with van der Waals surface area (Å²) in [6, 6.07) is 15.2. The lowest BCUT2D eigenvalue weighted by molar-refractivity contribution is -0.141. The highest BCUT2D eigenvalue weighted by Crippen LogP contribution is 2.58. The van der Waals surface area contributed by atoms with Crippen LogP contribution >= 0.6 is 0 Å². The van der Waals surface area contributed by atoms with Gasteiger partial charge in [0.15, 0.2) is 17.6 Å². The third kappa shape index (κ3) is 8.37. The SMILES string of the molecule is CNCO[C@]12Cc3c4c(c5c(c3O[C@@H]1c1cc(CCCO)c(O)c(c1)OCCC#C[C@@H]2NCNC[C@H](C)O)CC[C@H](CO)O5)-c1ccc(O)cc1[C@@H](Cc1ccc2c(c1)=CCN=2)C4. The minimum Gasteiger partial charge on any atom is -0.508 e. The molecule has 6 atom stereocenters. The molecule has 0 saturated heterocycles. The number of aromatic hydroxyl groups is 2. The van der Waals surface area contributed by atoms with Gasteiger partial charge in [0.05, 0.1) is 38.0 Å². The Labute approximate surface area is 367 Å². The van der Waals surface area contributed by atoms with Crippen LogP contribution in [0.25, 0.3) is 17.2 Å². The number of nitrogens with zero attached hydrogens (tertiary/aromatic N) is 1. The Hall–Kier alpha value is -5.17. The summed E-state index contributed by atoms with van der Waals surface area (Å²) in [5.74, 6) is 8.78. The van der Waals surface area contributed by atoms with Gasteiger partial charge in [0.1, 0.15) is 35.0 Å². The summed E-state index contributed by atoms with van der Waals surface area (Å²) < 4.78 is 27.8. The molecule has 5 aliphatic rings. The highest BCUT2D eigenvalue weighted by atomic mass is 16.6. The predicted octanol–water partition coefficient (Wildman–Crippen LogP) is 2.95. The van der Waals surface area contributed by atoms with Crippen molar-refractivity contribution >= 4 is 6.08 Å². The number of fused-ring (bicyclic) bond motifs is 13. The Morgan fingerprint density at radius 1 is 1.03 bits per heavy atom. The van der Waals surface area contributed by atoms with Crippen molar-refractivity contribution in [3.8, 4) is 51.7 Å². The lowest BCUT2D eigenvalue weighted by Crippen LogP contribution is -2.62. The second-order valence-corrected chi connectivity index (χ2v) is 17.4. The Balaban J connectivity index is 1.28. The number of benzene rings is 4. The van der Waals surface area contributed by atoms with Gasteiger partial charge in [0.2, 0.25) is 0 Å². The van der Waals surface area contributed by atoms with E-state index in [4.69, 9.17) is 18.9 Å². The van der Waals surface area contributed by atoms with Gasteiger partial charge in [-0.15, -0.1) is 0 Å². The van der Waals surface area contributed by atoms with Gasteiger partial charge >= 0.3 is 0 Å². The van der Waals surface area contributed by atoms with Crippen LogP contribution in [0.2, 0.25) is 0 Å². The number of aryl methyl sites for hydroxylation is 1. The van der Waals surface area contributed by atoms with E-state index in [1.165, 1.54) is 5.56 Å². The number of aliphatic hydroxyl groups excluding tert-OH is 3. The van der Waals surface area contributed by atoms with Crippen molar-refractivity contribution in [1.29, 1.82) is 0 Å². The van der Waals surface area contributed by atoms with E-state index in [0.29, 0.717) is 93.9 Å². The minimum absolute atomic E-state index is 0.0238. The molecule has 0 saturated carbocycles. The number of hydrogen-bond acceptors (Lipinski definition) is 13. The van der Waals surface area contributed by atoms with Gasteiger partial charge < -0.3 is 49.8 Å². The van der Waals surface area contributed by atoms with E-state index < -0.39 is 30.0 Å². The van der Waals surface area contributed by atoms with Crippen LogP contribution < -0.4 is 40.7 Å². The maximum atomic E-state index is 11.5. The number of phenols is 2. The van der Waals surface area contributed by atoms with E-state index >= 15 is 0 Å². The number of rotatable bonds is 14. The van der Waals surface area contributed by atoms with Crippen LogP contribution in [-0.2, 0) is 36.8 Å². The Bertz CT molecular complexity index is 2550. The molecule has 0 amide bonds. The molecule has 9 rings (SSSR count). The molecule has 332 valence electrons. The molecule has 0 radical (unpaired) electrons. The molecule has 13 nitrogen and oxygen atoms in total. The first-order valence-corrected chi connectivity index (χ1v) is 22.3. The normalized spacial score (nSPS) is 23.1. The molecule has 8 N–H and O–H groups in total. The van der Waals surface area contributed by atoms with E-state index in [2.05, 4.69) is 57.1 Å². The third-order valence-electron chi connectivity index (χ3n) is 13.1. The van der Waals surface area contributed by atoms with Crippen molar-refractivity contribution in [2.45, 2.75) is 94.2 Å². The molecule has 4 aliphatic heterocycles. The Kier molecular flexibility index (Phi) is 12.7. The van der Waals surface area contributed by atoms with Gasteiger partial charge in [-0.25, -0.2) is 0 Å². The Morgan fingerprint density at radius 2 is 1.92 bits per heavy atom. The van der Waals surface area contributed by atoms with Crippen LogP contribution in [-0.4, -0.2) is 103 Å². The van der Waals surface area contributed by atoms with Gasteiger partial charge in [-0.2, -0.15) is 0 Å². The average molecular weight is 859 g/mol. The summed E-state index contributed by atoms with van der Waals surface area (Å²) in [5.41, 5.74) is 7.22. The summed E-state index contributed by atoms with van der Waals surface area (Å²) in [5, 5.41) is 65.3. The summed E-state index contributed by atoms with van der Waals surface area (Å²) >= 11 is 0. The number of hydrogen-bond donors (Lipinski definition) is 8. The maximum Gasteiger partial charge on any atom is 0.161 e. The van der Waals surface area contributed by atoms with Crippen LogP contribution in [0.1, 0.15) is 77.2 Å². The fourth-order valence-electron chi connectivity index (χ4n) is 10.1. The van der Waals surface area contributed by atoms with Crippen LogP contribution in [0.5, 0.6) is 28.7 Å². The van der Waals surface area contributed by atoms with E-state index in [9.17, 15) is 25.5 Å². The van der Waals surface area contributed by atoms with Crippen molar-refractivity contribution in [3.63, 3.8) is 0 Å². The molecule has 0 aromatic heterocycles. The summed E-state index contributed by atoms with van der Waals surface area (Å²) in [6.45, 7) is 3.32. The van der Waals surface area contributed by atoms with Gasteiger partial charge in [0, 0.05) is 49.4 Å². The Morgan fingerprint density at radius 3 is 2.75 bits per heavy atom. The molecule has 4 aromatic carbocycles. The first-order valence-electron chi connectivity index (χ1n) is 22.3. The maximum absolute atomic E-state index is 11.5. The average Bonchev–Trinajstić information content (AvgIpc) is 3.76. The van der Waals surface area contributed by atoms with Crippen molar-refractivity contribution in [3.05, 3.63) is 98.1 Å². The second kappa shape index (κ2) is 18.5. The molecule has 0 spiro atoms. The van der Waals surface area contributed by atoms with Crippen molar-refractivity contribution in [2.24, 2.45) is 4.99 Å². The molecular formula is C50H58N4O9. The van der Waals surface area contributed by atoms with Gasteiger partial charge in [-0.1, -0.05) is 30.0 Å². The lowest BCUT2D eigenvalue weighted by Gasteiger charge is -2.49. The first kappa shape index (κ1) is 43.1. The zero-order valence-electron chi connectivity index (χ0n) is 36.0. The number of phenolic OH excluding ortho intramolecular Hbond substituents is 2. The largest absolute Gasteiger partial charge is 0.508 e. The fourth-order valence-corrected chi connectivity index (χ4v) is 10.1. The highest BCUT2D eigenvalue weighted by molar-refractivity contribution is 5.85. The van der Waals surface area contributed by atoms with Gasteiger partial charge in [-0.05, 0) is 133 Å². The standard InChI is InChI=1S/C50H58N4O9/c1-29(57)25-52-27-54-44-7-3-4-17-60-43-22-34(20-32(46(43)59)6-5-16-55)49-50(44,61-28-51-2)24-41-40-21-33(19-30-8-13-42-31(18-30)14-15-53-42)39-23-35(58)9-11-37(39)45(40)48-38(47(41)63-49)12-10-36(26-56)62-48/h8-9,11,13-14,18,20,22-23,29,33,36,44,49,51-52,54-59H,4-6,10,12,15-17,19,21,24-28H2,1-2H3/t29-,33-,36+,44-,49+,50-/m0/s1. The van der Waals surface area contributed by atoms with Crippen molar-refractivity contribution in [2.75, 3.05) is 53.4 Å². The van der Waals surface area contributed by atoms with E-state index in [1.54, 1.807) is 13.0 Å². The number of ether oxygens (including phenoxy) is 4. The zero-order chi connectivity index (χ0) is 43.7. The second-order valence-electron chi connectivity index (χ2n) is 17.4. The van der Waals surface area contributed by atoms with Gasteiger partial charge in [-0.3, -0.25) is 15.6 Å². The minimum atomic E-state index is -1.20.